The first-order valence-corrected chi connectivity index (χ1v) is 5.06. The molecular formula is C11H18O. The molecule has 0 spiro atoms. The van der Waals surface area contributed by atoms with Crippen LogP contribution in [0.25, 0.3) is 0 Å². The molecule has 0 aromatic rings. The standard InChI is InChI=1S/C11H18O/c1-7-4-5-8-10(9(12)6-7)11(8,2)3/h7-8,10H,4-6H2,1-3H3/t7-,8+,10+/m1/s1. The first-order chi connectivity index (χ1) is 5.53. The van der Waals surface area contributed by atoms with Gasteiger partial charge in [-0.3, -0.25) is 4.79 Å². The lowest BCUT2D eigenvalue weighted by atomic mass is 9.94. The van der Waals surface area contributed by atoms with Crippen LogP contribution in [0, 0.1) is 23.2 Å². The summed E-state index contributed by atoms with van der Waals surface area (Å²) in [7, 11) is 0. The van der Waals surface area contributed by atoms with Crippen molar-refractivity contribution in [2.24, 2.45) is 23.2 Å². The van der Waals surface area contributed by atoms with Crippen LogP contribution in [0.15, 0.2) is 0 Å². The zero-order valence-electron chi connectivity index (χ0n) is 8.26. The van der Waals surface area contributed by atoms with Gasteiger partial charge in [0.15, 0.2) is 0 Å². The Hall–Kier alpha value is -0.330. The van der Waals surface area contributed by atoms with Crippen LogP contribution in [0.5, 0.6) is 0 Å². The van der Waals surface area contributed by atoms with Gasteiger partial charge in [-0.15, -0.1) is 0 Å². The van der Waals surface area contributed by atoms with Crippen molar-refractivity contribution in [2.45, 2.75) is 40.0 Å². The predicted octanol–water partition coefficient (Wildman–Crippen LogP) is 2.65. The number of hydrogen-bond acceptors (Lipinski definition) is 1. The number of ketones is 1. The number of carbonyl (C=O) groups is 1. The van der Waals surface area contributed by atoms with Gasteiger partial charge in [0.05, 0.1) is 0 Å². The van der Waals surface area contributed by atoms with Crippen molar-refractivity contribution < 1.29 is 4.79 Å². The third-order valence-corrected chi connectivity index (χ3v) is 3.92. The van der Waals surface area contributed by atoms with Crippen molar-refractivity contribution in [1.29, 1.82) is 0 Å². The number of carbonyl (C=O) groups excluding carboxylic acids is 1. The molecule has 0 radical (unpaired) electrons. The molecule has 0 unspecified atom stereocenters. The topological polar surface area (TPSA) is 17.1 Å². The summed E-state index contributed by atoms with van der Waals surface area (Å²) >= 11 is 0. The molecule has 1 heteroatoms. The Balaban J connectivity index is 2.13. The lowest BCUT2D eigenvalue weighted by molar-refractivity contribution is -0.121. The van der Waals surface area contributed by atoms with E-state index in [0.717, 1.165) is 12.3 Å². The van der Waals surface area contributed by atoms with Crippen molar-refractivity contribution in [3.05, 3.63) is 0 Å². The quantitative estimate of drug-likeness (QED) is 0.540. The van der Waals surface area contributed by atoms with Gasteiger partial charge in [0, 0.05) is 12.3 Å². The summed E-state index contributed by atoms with van der Waals surface area (Å²) in [6.45, 7) is 6.70. The van der Waals surface area contributed by atoms with E-state index in [9.17, 15) is 4.79 Å². The van der Waals surface area contributed by atoms with Gasteiger partial charge in [-0.25, -0.2) is 0 Å². The molecule has 0 N–H and O–H groups in total. The second-order valence-corrected chi connectivity index (χ2v) is 5.26. The molecule has 1 nitrogen and oxygen atoms in total. The van der Waals surface area contributed by atoms with E-state index in [4.69, 9.17) is 0 Å². The van der Waals surface area contributed by atoms with Crippen LogP contribution in [-0.2, 0) is 4.79 Å². The molecule has 0 aliphatic heterocycles. The average molecular weight is 166 g/mol. The monoisotopic (exact) mass is 166 g/mol. The molecule has 68 valence electrons. The average Bonchev–Trinajstić information content (AvgIpc) is 2.52. The SMILES string of the molecule is C[C@@H]1CC[C@H]2[C@@H](C(=O)C1)C2(C)C. The Labute approximate surface area is 74.5 Å². The Kier molecular flexibility index (Phi) is 1.61. The van der Waals surface area contributed by atoms with Crippen LogP contribution in [-0.4, -0.2) is 5.78 Å². The normalized spacial score (nSPS) is 44.9. The third-order valence-electron chi connectivity index (χ3n) is 3.92. The molecule has 3 atom stereocenters. The van der Waals surface area contributed by atoms with E-state index >= 15 is 0 Å². The first kappa shape index (κ1) is 8.28. The highest BCUT2D eigenvalue weighted by atomic mass is 16.1. The molecular weight excluding hydrogens is 148 g/mol. The van der Waals surface area contributed by atoms with Gasteiger partial charge in [0.2, 0.25) is 0 Å². The highest BCUT2D eigenvalue weighted by molar-refractivity contribution is 5.85. The lowest BCUT2D eigenvalue weighted by Gasteiger charge is -2.10. The van der Waals surface area contributed by atoms with Gasteiger partial charge >= 0.3 is 0 Å². The zero-order chi connectivity index (χ0) is 8.93. The number of hydrogen-bond donors (Lipinski definition) is 0. The van der Waals surface area contributed by atoms with Crippen LogP contribution in [0.2, 0.25) is 0 Å². The van der Waals surface area contributed by atoms with Crippen molar-refractivity contribution in [2.75, 3.05) is 0 Å². The minimum absolute atomic E-state index is 0.344. The maximum Gasteiger partial charge on any atom is 0.137 e. The molecule has 2 rings (SSSR count). The van der Waals surface area contributed by atoms with E-state index in [0.29, 0.717) is 23.0 Å². The van der Waals surface area contributed by atoms with Crippen molar-refractivity contribution >= 4 is 5.78 Å². The molecule has 0 amide bonds. The zero-order valence-corrected chi connectivity index (χ0v) is 8.26. The summed E-state index contributed by atoms with van der Waals surface area (Å²) < 4.78 is 0. The minimum Gasteiger partial charge on any atom is -0.299 e. The fourth-order valence-electron chi connectivity index (χ4n) is 2.96. The molecule has 0 heterocycles. The summed E-state index contributed by atoms with van der Waals surface area (Å²) in [5.41, 5.74) is 0.344. The molecule has 0 bridgehead atoms. The Morgan fingerprint density at radius 2 is 2.00 bits per heavy atom. The number of Topliss-reactive ketones (excluding diaryl/α,β-unsaturated/α-hetero) is 1. The highest BCUT2D eigenvalue weighted by Gasteiger charge is 2.61. The van der Waals surface area contributed by atoms with Crippen LogP contribution in [0.3, 0.4) is 0 Å². The van der Waals surface area contributed by atoms with Crippen LogP contribution in [0.1, 0.15) is 40.0 Å². The van der Waals surface area contributed by atoms with Gasteiger partial charge < -0.3 is 0 Å². The summed E-state index contributed by atoms with van der Waals surface area (Å²) in [5, 5.41) is 0. The molecule has 0 aromatic heterocycles. The van der Waals surface area contributed by atoms with Crippen LogP contribution < -0.4 is 0 Å². The van der Waals surface area contributed by atoms with E-state index in [2.05, 4.69) is 20.8 Å². The largest absolute Gasteiger partial charge is 0.299 e. The second kappa shape index (κ2) is 2.34. The van der Waals surface area contributed by atoms with E-state index in [-0.39, 0.29) is 0 Å². The summed E-state index contributed by atoms with van der Waals surface area (Å²) in [4.78, 5) is 11.7. The molecule has 2 fully saturated rings. The number of rotatable bonds is 0. The Bertz CT molecular complexity index is 217. The van der Waals surface area contributed by atoms with Gasteiger partial charge in [0.1, 0.15) is 5.78 Å². The first-order valence-electron chi connectivity index (χ1n) is 5.06. The third kappa shape index (κ3) is 1.02. The van der Waals surface area contributed by atoms with Crippen molar-refractivity contribution in [1.82, 2.24) is 0 Å². The molecule has 2 aliphatic carbocycles. The van der Waals surface area contributed by atoms with E-state index in [1.54, 1.807) is 0 Å². The number of fused-ring (bicyclic) bond motifs is 1. The van der Waals surface area contributed by atoms with E-state index < -0.39 is 0 Å². The minimum atomic E-state index is 0.344. The summed E-state index contributed by atoms with van der Waals surface area (Å²) in [6.07, 6.45) is 3.38. The fourth-order valence-corrected chi connectivity index (χ4v) is 2.96. The van der Waals surface area contributed by atoms with E-state index in [1.807, 2.05) is 0 Å². The van der Waals surface area contributed by atoms with Crippen molar-refractivity contribution in [3.8, 4) is 0 Å². The Morgan fingerprint density at radius 3 is 2.67 bits per heavy atom. The molecule has 12 heavy (non-hydrogen) atoms. The molecule has 0 saturated heterocycles. The van der Waals surface area contributed by atoms with Gasteiger partial charge in [0.25, 0.3) is 0 Å². The molecule has 2 saturated carbocycles. The van der Waals surface area contributed by atoms with Gasteiger partial charge in [-0.05, 0) is 30.1 Å². The van der Waals surface area contributed by atoms with Gasteiger partial charge in [-0.1, -0.05) is 20.8 Å². The maximum absolute atomic E-state index is 11.7. The molecule has 2 aliphatic rings. The van der Waals surface area contributed by atoms with Gasteiger partial charge in [-0.2, -0.15) is 0 Å². The lowest BCUT2D eigenvalue weighted by Crippen LogP contribution is -2.09. The molecule has 0 aromatic carbocycles. The van der Waals surface area contributed by atoms with Crippen molar-refractivity contribution in [3.63, 3.8) is 0 Å². The van der Waals surface area contributed by atoms with Crippen LogP contribution >= 0.6 is 0 Å². The highest BCUT2D eigenvalue weighted by Crippen LogP contribution is 2.62. The Morgan fingerprint density at radius 1 is 1.33 bits per heavy atom. The van der Waals surface area contributed by atoms with Crippen LogP contribution in [0.4, 0.5) is 0 Å². The van der Waals surface area contributed by atoms with E-state index in [1.165, 1.54) is 12.8 Å². The maximum atomic E-state index is 11.7. The smallest absolute Gasteiger partial charge is 0.137 e. The summed E-state index contributed by atoms with van der Waals surface area (Å²) in [5.74, 6) is 2.31. The second-order valence-electron chi connectivity index (χ2n) is 5.26. The summed E-state index contributed by atoms with van der Waals surface area (Å²) in [6, 6.07) is 0. The fraction of sp³-hybridized carbons (Fsp3) is 0.909. The predicted molar refractivity (Wildman–Crippen MR) is 48.8 cm³/mol.